The first-order valence-electron chi connectivity index (χ1n) is 6.78. The fourth-order valence-corrected chi connectivity index (χ4v) is 3.16. The van der Waals surface area contributed by atoms with Crippen molar-refractivity contribution in [3.63, 3.8) is 0 Å². The molecule has 0 spiro atoms. The quantitative estimate of drug-likeness (QED) is 0.800. The molecule has 0 bridgehead atoms. The van der Waals surface area contributed by atoms with Crippen molar-refractivity contribution < 1.29 is 14.3 Å². The van der Waals surface area contributed by atoms with Crippen molar-refractivity contribution in [3.8, 4) is 5.75 Å². The Balaban J connectivity index is 1.88. The highest BCUT2D eigenvalue weighted by atomic mass is 32.2. The van der Waals surface area contributed by atoms with Crippen molar-refractivity contribution >= 4 is 17.7 Å². The summed E-state index contributed by atoms with van der Waals surface area (Å²) < 4.78 is 10.8. The number of benzene rings is 1. The van der Waals surface area contributed by atoms with Gasteiger partial charge in [-0.05, 0) is 32.0 Å². The van der Waals surface area contributed by atoms with Gasteiger partial charge in [0.25, 0.3) is 0 Å². The van der Waals surface area contributed by atoms with E-state index in [4.69, 9.17) is 9.47 Å². The molecule has 1 amide bonds. The van der Waals surface area contributed by atoms with Crippen LogP contribution in [0.2, 0.25) is 0 Å². The molecule has 1 fully saturated rings. The number of thioether (sulfide) groups is 1. The first-order chi connectivity index (χ1) is 9.58. The molecule has 1 aliphatic rings. The van der Waals surface area contributed by atoms with Gasteiger partial charge in [-0.25, -0.2) is 0 Å². The zero-order valence-electron chi connectivity index (χ0n) is 12.2. The summed E-state index contributed by atoms with van der Waals surface area (Å²) in [4.78, 5) is 15.2. The fraction of sp³-hybridized carbons (Fsp3) is 0.533. The van der Waals surface area contributed by atoms with E-state index in [9.17, 15) is 4.79 Å². The van der Waals surface area contributed by atoms with Gasteiger partial charge in [0.1, 0.15) is 5.75 Å². The smallest absolute Gasteiger partial charge is 0.233 e. The largest absolute Gasteiger partial charge is 0.497 e. The summed E-state index contributed by atoms with van der Waals surface area (Å²) in [6.07, 6.45) is 0.231. The van der Waals surface area contributed by atoms with E-state index in [1.165, 1.54) is 0 Å². The minimum atomic E-state index is 0.115. The van der Waals surface area contributed by atoms with Gasteiger partial charge in [0.15, 0.2) is 0 Å². The molecule has 20 heavy (non-hydrogen) atoms. The summed E-state index contributed by atoms with van der Waals surface area (Å²) >= 11 is 1.54. The lowest BCUT2D eigenvalue weighted by Gasteiger charge is -2.35. The van der Waals surface area contributed by atoms with Crippen LogP contribution in [0.4, 0.5) is 0 Å². The minimum Gasteiger partial charge on any atom is -0.497 e. The molecule has 2 atom stereocenters. The van der Waals surface area contributed by atoms with Crippen LogP contribution in [-0.4, -0.2) is 49.0 Å². The number of methoxy groups -OCH3 is 1. The second-order valence-corrected chi connectivity index (χ2v) is 6.07. The van der Waals surface area contributed by atoms with Crippen LogP contribution in [0.25, 0.3) is 0 Å². The highest BCUT2D eigenvalue weighted by Crippen LogP contribution is 2.23. The number of hydrogen-bond acceptors (Lipinski definition) is 4. The molecule has 1 saturated heterocycles. The van der Waals surface area contributed by atoms with Gasteiger partial charge in [-0.1, -0.05) is 6.07 Å². The maximum Gasteiger partial charge on any atom is 0.233 e. The van der Waals surface area contributed by atoms with E-state index in [-0.39, 0.29) is 18.1 Å². The van der Waals surface area contributed by atoms with E-state index >= 15 is 0 Å². The van der Waals surface area contributed by atoms with Crippen LogP contribution in [0.5, 0.6) is 5.75 Å². The van der Waals surface area contributed by atoms with Gasteiger partial charge in [-0.3, -0.25) is 4.79 Å². The summed E-state index contributed by atoms with van der Waals surface area (Å²) in [7, 11) is 1.64. The van der Waals surface area contributed by atoms with Crippen LogP contribution in [0.15, 0.2) is 29.2 Å². The Bertz CT molecular complexity index is 456. The lowest BCUT2D eigenvalue weighted by molar-refractivity contribution is -0.140. The monoisotopic (exact) mass is 295 g/mol. The van der Waals surface area contributed by atoms with E-state index in [2.05, 4.69) is 0 Å². The number of morpholine rings is 1. The summed E-state index contributed by atoms with van der Waals surface area (Å²) in [5.74, 6) is 1.43. The molecule has 2 rings (SSSR count). The van der Waals surface area contributed by atoms with Crippen molar-refractivity contribution in [3.05, 3.63) is 24.3 Å². The number of nitrogens with zero attached hydrogens (tertiary/aromatic N) is 1. The number of carbonyl (C=O) groups is 1. The van der Waals surface area contributed by atoms with Crippen molar-refractivity contribution in [2.45, 2.75) is 31.0 Å². The summed E-state index contributed by atoms with van der Waals surface area (Å²) in [6, 6.07) is 7.77. The Hall–Kier alpha value is -1.20. The molecular formula is C15H21NO3S. The molecule has 1 aromatic carbocycles. The topological polar surface area (TPSA) is 38.8 Å². The maximum absolute atomic E-state index is 12.2. The number of hydrogen-bond donors (Lipinski definition) is 0. The Morgan fingerprint density at radius 1 is 1.40 bits per heavy atom. The third kappa shape index (κ3) is 4.15. The number of carbonyl (C=O) groups excluding carboxylic acids is 1. The molecule has 0 radical (unpaired) electrons. The Morgan fingerprint density at radius 3 is 2.75 bits per heavy atom. The van der Waals surface area contributed by atoms with E-state index in [0.717, 1.165) is 10.6 Å². The van der Waals surface area contributed by atoms with Crippen LogP contribution in [0, 0.1) is 0 Å². The van der Waals surface area contributed by atoms with Crippen LogP contribution >= 0.6 is 11.8 Å². The highest BCUT2D eigenvalue weighted by Gasteiger charge is 2.25. The fourth-order valence-electron chi connectivity index (χ4n) is 2.31. The SMILES string of the molecule is COc1cccc(SCC(=O)N2C[C@@H](C)O[C@@H](C)C2)c1. The van der Waals surface area contributed by atoms with E-state index in [1.54, 1.807) is 18.9 Å². The van der Waals surface area contributed by atoms with E-state index in [1.807, 2.05) is 43.0 Å². The average Bonchev–Trinajstić information content (AvgIpc) is 2.44. The van der Waals surface area contributed by atoms with E-state index < -0.39 is 0 Å². The predicted molar refractivity (Wildman–Crippen MR) is 80.3 cm³/mol. The zero-order valence-corrected chi connectivity index (χ0v) is 13.0. The standard InChI is InChI=1S/C15H21NO3S/c1-11-8-16(9-12(2)19-11)15(17)10-20-14-6-4-5-13(7-14)18-3/h4-7,11-12H,8-10H2,1-3H3/t11-,12+. The van der Waals surface area contributed by atoms with Crippen molar-refractivity contribution in [1.82, 2.24) is 4.90 Å². The molecule has 0 aromatic heterocycles. The molecular weight excluding hydrogens is 274 g/mol. The normalized spacial score (nSPS) is 22.6. The van der Waals surface area contributed by atoms with Crippen molar-refractivity contribution in [1.29, 1.82) is 0 Å². The molecule has 5 heteroatoms. The molecule has 1 heterocycles. The second kappa shape index (κ2) is 6.99. The lowest BCUT2D eigenvalue weighted by atomic mass is 10.2. The molecule has 1 aliphatic heterocycles. The summed E-state index contributed by atoms with van der Waals surface area (Å²) in [5, 5.41) is 0. The van der Waals surface area contributed by atoms with Gasteiger partial charge in [-0.2, -0.15) is 0 Å². The maximum atomic E-state index is 12.2. The van der Waals surface area contributed by atoms with E-state index in [0.29, 0.717) is 18.8 Å². The van der Waals surface area contributed by atoms with Gasteiger partial charge in [-0.15, -0.1) is 11.8 Å². The second-order valence-electron chi connectivity index (χ2n) is 5.02. The average molecular weight is 295 g/mol. The Labute approximate surface area is 124 Å². The molecule has 1 aromatic rings. The zero-order chi connectivity index (χ0) is 14.5. The molecule has 110 valence electrons. The lowest BCUT2D eigenvalue weighted by Crippen LogP contribution is -2.48. The Kier molecular flexibility index (Phi) is 5.31. The predicted octanol–water partition coefficient (Wildman–Crippen LogP) is 2.42. The molecule has 0 saturated carbocycles. The van der Waals surface area contributed by atoms with Gasteiger partial charge in [0, 0.05) is 18.0 Å². The van der Waals surface area contributed by atoms with Crippen molar-refractivity contribution in [2.75, 3.05) is 26.0 Å². The molecule has 0 N–H and O–H groups in total. The van der Waals surface area contributed by atoms with Gasteiger partial charge >= 0.3 is 0 Å². The van der Waals surface area contributed by atoms with Crippen LogP contribution in [-0.2, 0) is 9.53 Å². The Morgan fingerprint density at radius 2 is 2.10 bits per heavy atom. The number of amides is 1. The molecule has 0 unspecified atom stereocenters. The van der Waals surface area contributed by atoms with Gasteiger partial charge in [0.05, 0.1) is 25.1 Å². The van der Waals surface area contributed by atoms with Gasteiger partial charge < -0.3 is 14.4 Å². The highest BCUT2D eigenvalue weighted by molar-refractivity contribution is 8.00. The molecule has 4 nitrogen and oxygen atoms in total. The van der Waals surface area contributed by atoms with Crippen molar-refractivity contribution in [2.24, 2.45) is 0 Å². The van der Waals surface area contributed by atoms with Crippen LogP contribution in [0.1, 0.15) is 13.8 Å². The third-order valence-corrected chi connectivity index (χ3v) is 4.15. The van der Waals surface area contributed by atoms with Gasteiger partial charge in [0.2, 0.25) is 5.91 Å². The third-order valence-electron chi connectivity index (χ3n) is 3.18. The minimum absolute atomic E-state index is 0.115. The van der Waals surface area contributed by atoms with Crippen LogP contribution < -0.4 is 4.74 Å². The van der Waals surface area contributed by atoms with Crippen LogP contribution in [0.3, 0.4) is 0 Å². The summed E-state index contributed by atoms with van der Waals surface area (Å²) in [6.45, 7) is 5.37. The molecule has 0 aliphatic carbocycles. The first-order valence-corrected chi connectivity index (χ1v) is 7.77. The number of rotatable bonds is 4. The number of ether oxygens (including phenoxy) is 2. The summed E-state index contributed by atoms with van der Waals surface area (Å²) in [5.41, 5.74) is 0. The first kappa shape index (κ1) is 15.2.